The smallest absolute Gasteiger partial charge is 0.323 e. The van der Waals surface area contributed by atoms with Crippen molar-refractivity contribution in [1.82, 2.24) is 9.88 Å². The molecule has 1 aromatic rings. The van der Waals surface area contributed by atoms with Crippen molar-refractivity contribution in [2.24, 2.45) is 0 Å². The minimum atomic E-state index is -1.05. The van der Waals surface area contributed by atoms with Crippen molar-refractivity contribution in [2.75, 3.05) is 6.54 Å². The zero-order chi connectivity index (χ0) is 13.8. The van der Waals surface area contributed by atoms with E-state index in [4.69, 9.17) is 5.11 Å². The number of aromatic nitrogens is 1. The topological polar surface area (TPSA) is 90.7 Å². The van der Waals surface area contributed by atoms with Crippen LogP contribution in [0.2, 0.25) is 0 Å². The van der Waals surface area contributed by atoms with Crippen molar-refractivity contribution in [1.29, 1.82) is 0 Å². The number of carbonyl (C=O) groups excluding carboxylic acids is 1. The van der Waals surface area contributed by atoms with Gasteiger partial charge in [0.2, 0.25) is 0 Å². The lowest BCUT2D eigenvalue weighted by Crippen LogP contribution is -2.42. The van der Waals surface area contributed by atoms with E-state index in [0.29, 0.717) is 0 Å². The lowest BCUT2D eigenvalue weighted by Gasteiger charge is -2.27. The number of amides is 1. The van der Waals surface area contributed by atoms with E-state index >= 15 is 0 Å². The van der Waals surface area contributed by atoms with Gasteiger partial charge < -0.3 is 15.1 Å². The molecule has 6 nitrogen and oxygen atoms in total. The first-order chi connectivity index (χ1) is 9.09. The van der Waals surface area contributed by atoms with Crippen LogP contribution in [0, 0.1) is 0 Å². The second-order valence-electron chi connectivity index (χ2n) is 4.66. The summed E-state index contributed by atoms with van der Waals surface area (Å²) in [6, 6.07) is 1.35. The molecule has 1 fully saturated rings. The van der Waals surface area contributed by atoms with Crippen LogP contribution in [0.4, 0.5) is 0 Å². The van der Waals surface area contributed by atoms with E-state index in [2.05, 4.69) is 4.98 Å². The number of hydrogen-bond acceptors (Lipinski definition) is 4. The molecule has 1 aromatic heterocycles. The molecule has 102 valence electrons. The monoisotopic (exact) mass is 264 g/mol. The number of hydrogen-bond donors (Lipinski definition) is 2. The van der Waals surface area contributed by atoms with E-state index in [0.717, 1.165) is 25.7 Å². The van der Waals surface area contributed by atoms with Crippen molar-refractivity contribution < 1.29 is 19.8 Å². The zero-order valence-corrected chi connectivity index (χ0v) is 10.5. The molecule has 0 atom stereocenters. The Morgan fingerprint density at radius 2 is 2.05 bits per heavy atom. The van der Waals surface area contributed by atoms with Gasteiger partial charge >= 0.3 is 5.97 Å². The molecule has 0 spiro atoms. The number of rotatable bonds is 4. The van der Waals surface area contributed by atoms with Gasteiger partial charge in [0.25, 0.3) is 5.91 Å². The normalized spacial score (nSPS) is 15.4. The van der Waals surface area contributed by atoms with Gasteiger partial charge in [0.05, 0.1) is 11.8 Å². The van der Waals surface area contributed by atoms with E-state index < -0.39 is 11.9 Å². The third-order valence-electron chi connectivity index (χ3n) is 3.36. The molecule has 6 heteroatoms. The van der Waals surface area contributed by atoms with Crippen LogP contribution >= 0.6 is 0 Å². The molecule has 2 N–H and O–H groups in total. The summed E-state index contributed by atoms with van der Waals surface area (Å²) in [6.07, 6.45) is 6.20. The zero-order valence-electron chi connectivity index (χ0n) is 10.5. The van der Waals surface area contributed by atoms with Gasteiger partial charge in [0, 0.05) is 12.2 Å². The van der Waals surface area contributed by atoms with Crippen molar-refractivity contribution in [2.45, 2.75) is 31.7 Å². The molecular weight excluding hydrogens is 248 g/mol. The molecule has 1 saturated carbocycles. The maximum atomic E-state index is 12.4. The standard InChI is InChI=1S/C13H16N2O4/c16-11-7-14-6-5-10(11)13(19)15(8-12(17)18)9-3-1-2-4-9/h5-7,9,16H,1-4,8H2,(H,17,18). The molecule has 0 radical (unpaired) electrons. The van der Waals surface area contributed by atoms with Crippen LogP contribution < -0.4 is 0 Å². The van der Waals surface area contributed by atoms with Crippen molar-refractivity contribution in [3.63, 3.8) is 0 Å². The number of carboxylic acids is 1. The molecule has 2 rings (SSSR count). The van der Waals surface area contributed by atoms with Crippen LogP contribution in [0.5, 0.6) is 5.75 Å². The summed E-state index contributed by atoms with van der Waals surface area (Å²) in [6.45, 7) is -0.342. The maximum absolute atomic E-state index is 12.4. The molecule has 0 aromatic carbocycles. The largest absolute Gasteiger partial charge is 0.505 e. The Kier molecular flexibility index (Phi) is 3.99. The Bertz CT molecular complexity index is 483. The number of carboxylic acid groups (broad SMARTS) is 1. The van der Waals surface area contributed by atoms with E-state index in [-0.39, 0.29) is 23.9 Å². The predicted molar refractivity (Wildman–Crippen MR) is 66.8 cm³/mol. The van der Waals surface area contributed by atoms with Crippen molar-refractivity contribution in [3.05, 3.63) is 24.0 Å². The SMILES string of the molecule is O=C(O)CN(C(=O)c1ccncc1O)C1CCCC1. The Labute approximate surface area is 110 Å². The Morgan fingerprint density at radius 3 is 2.63 bits per heavy atom. The predicted octanol–water partition coefficient (Wildman–Crippen LogP) is 1.26. The Hall–Kier alpha value is -2.11. The van der Waals surface area contributed by atoms with E-state index in [1.807, 2.05) is 0 Å². The van der Waals surface area contributed by atoms with E-state index in [9.17, 15) is 14.7 Å². The maximum Gasteiger partial charge on any atom is 0.323 e. The lowest BCUT2D eigenvalue weighted by molar-refractivity contribution is -0.138. The third-order valence-corrected chi connectivity index (χ3v) is 3.36. The summed E-state index contributed by atoms with van der Waals surface area (Å²) in [4.78, 5) is 28.3. The molecule has 0 saturated heterocycles. The molecular formula is C13H16N2O4. The van der Waals surface area contributed by atoms with Gasteiger partial charge in [0.1, 0.15) is 12.3 Å². The third kappa shape index (κ3) is 3.01. The van der Waals surface area contributed by atoms with Crippen LogP contribution in [-0.2, 0) is 4.79 Å². The van der Waals surface area contributed by atoms with Gasteiger partial charge in [-0.2, -0.15) is 0 Å². The van der Waals surface area contributed by atoms with Crippen LogP contribution in [0.15, 0.2) is 18.5 Å². The quantitative estimate of drug-likeness (QED) is 0.854. The minimum Gasteiger partial charge on any atom is -0.505 e. The first-order valence-corrected chi connectivity index (χ1v) is 6.25. The number of nitrogens with zero attached hydrogens (tertiary/aromatic N) is 2. The van der Waals surface area contributed by atoms with Gasteiger partial charge in [-0.25, -0.2) is 0 Å². The van der Waals surface area contributed by atoms with Crippen LogP contribution in [0.3, 0.4) is 0 Å². The van der Waals surface area contributed by atoms with E-state index in [1.165, 1.54) is 23.4 Å². The number of carbonyl (C=O) groups is 2. The van der Waals surface area contributed by atoms with Crippen molar-refractivity contribution >= 4 is 11.9 Å². The molecule has 1 heterocycles. The highest BCUT2D eigenvalue weighted by Crippen LogP contribution is 2.26. The average Bonchev–Trinajstić information content (AvgIpc) is 2.89. The summed E-state index contributed by atoms with van der Waals surface area (Å²) in [5, 5.41) is 18.6. The fourth-order valence-corrected chi connectivity index (χ4v) is 2.45. The Balaban J connectivity index is 2.24. The summed E-state index contributed by atoms with van der Waals surface area (Å²) in [5.74, 6) is -1.72. The number of aromatic hydroxyl groups is 1. The molecule has 0 aliphatic heterocycles. The van der Waals surface area contributed by atoms with Crippen molar-refractivity contribution in [3.8, 4) is 5.75 Å². The molecule has 0 unspecified atom stereocenters. The lowest BCUT2D eigenvalue weighted by atomic mass is 10.1. The molecule has 1 aliphatic rings. The fraction of sp³-hybridized carbons (Fsp3) is 0.462. The molecule has 1 amide bonds. The summed E-state index contributed by atoms with van der Waals surface area (Å²) < 4.78 is 0. The second kappa shape index (κ2) is 5.69. The first kappa shape index (κ1) is 13.3. The summed E-state index contributed by atoms with van der Waals surface area (Å²) >= 11 is 0. The number of pyridine rings is 1. The highest BCUT2D eigenvalue weighted by atomic mass is 16.4. The average molecular weight is 264 g/mol. The molecule has 19 heavy (non-hydrogen) atoms. The van der Waals surface area contributed by atoms with Crippen LogP contribution in [0.1, 0.15) is 36.0 Å². The highest BCUT2D eigenvalue weighted by Gasteiger charge is 2.30. The minimum absolute atomic E-state index is 0.0591. The van der Waals surface area contributed by atoms with Crippen LogP contribution in [-0.4, -0.2) is 44.6 Å². The van der Waals surface area contributed by atoms with E-state index in [1.54, 1.807) is 0 Å². The summed E-state index contributed by atoms with van der Waals surface area (Å²) in [5.41, 5.74) is 0.100. The summed E-state index contributed by atoms with van der Waals surface area (Å²) in [7, 11) is 0. The molecule has 0 bridgehead atoms. The second-order valence-corrected chi connectivity index (χ2v) is 4.66. The van der Waals surface area contributed by atoms with Gasteiger partial charge in [0.15, 0.2) is 0 Å². The van der Waals surface area contributed by atoms with Gasteiger partial charge in [-0.3, -0.25) is 14.6 Å². The number of aliphatic carboxylic acids is 1. The fourth-order valence-electron chi connectivity index (χ4n) is 2.45. The molecule has 1 aliphatic carbocycles. The first-order valence-electron chi connectivity index (χ1n) is 6.25. The van der Waals surface area contributed by atoms with Crippen LogP contribution in [0.25, 0.3) is 0 Å². The van der Waals surface area contributed by atoms with Gasteiger partial charge in [-0.05, 0) is 18.9 Å². The Morgan fingerprint density at radius 1 is 1.37 bits per heavy atom. The van der Waals surface area contributed by atoms with Gasteiger partial charge in [-0.1, -0.05) is 12.8 Å². The highest BCUT2D eigenvalue weighted by molar-refractivity contribution is 5.98. The van der Waals surface area contributed by atoms with Gasteiger partial charge in [-0.15, -0.1) is 0 Å².